The summed E-state index contributed by atoms with van der Waals surface area (Å²) in [5.41, 5.74) is 2.01. The fourth-order valence-corrected chi connectivity index (χ4v) is 2.31. The predicted octanol–water partition coefficient (Wildman–Crippen LogP) is 2.68. The number of nitrogens with zero attached hydrogens (tertiary/aromatic N) is 2. The highest BCUT2D eigenvalue weighted by Gasteiger charge is 2.22. The minimum absolute atomic E-state index is 0.0650. The summed E-state index contributed by atoms with van der Waals surface area (Å²) in [6.45, 7) is 5.01. The second-order valence-electron chi connectivity index (χ2n) is 5.84. The molecule has 0 unspecified atom stereocenters. The molecule has 1 heterocycles. The van der Waals surface area contributed by atoms with E-state index in [0.29, 0.717) is 19.0 Å². The number of aromatic nitrogens is 2. The van der Waals surface area contributed by atoms with E-state index in [-0.39, 0.29) is 5.92 Å². The number of hydrogen-bond donors (Lipinski definition) is 3. The van der Waals surface area contributed by atoms with Gasteiger partial charge in [0.05, 0.1) is 0 Å². The summed E-state index contributed by atoms with van der Waals surface area (Å²) in [6.07, 6.45) is 4.23. The van der Waals surface area contributed by atoms with Gasteiger partial charge < -0.3 is 10.4 Å². The van der Waals surface area contributed by atoms with Crippen LogP contribution < -0.4 is 10.6 Å². The lowest BCUT2D eigenvalue weighted by Gasteiger charge is -2.20. The van der Waals surface area contributed by atoms with Crippen LogP contribution in [0.3, 0.4) is 0 Å². The molecule has 1 aromatic heterocycles. The van der Waals surface area contributed by atoms with Gasteiger partial charge in [-0.1, -0.05) is 50.6 Å². The first-order valence-corrected chi connectivity index (χ1v) is 8.15. The summed E-state index contributed by atoms with van der Waals surface area (Å²) in [5, 5.41) is 15.5. The summed E-state index contributed by atoms with van der Waals surface area (Å²) in [7, 11) is 0. The number of rotatable bonds is 9. The van der Waals surface area contributed by atoms with Gasteiger partial charge in [0.25, 0.3) is 0 Å². The van der Waals surface area contributed by atoms with Gasteiger partial charge in [-0.25, -0.2) is 9.97 Å². The number of carboxylic acid groups (broad SMARTS) is 1. The van der Waals surface area contributed by atoms with Gasteiger partial charge in [0.15, 0.2) is 0 Å². The summed E-state index contributed by atoms with van der Waals surface area (Å²) >= 11 is 0. The zero-order chi connectivity index (χ0) is 17.4. The molecule has 0 bridgehead atoms. The summed E-state index contributed by atoms with van der Waals surface area (Å²) in [4.78, 5) is 19.8. The Labute approximate surface area is 142 Å². The monoisotopic (exact) mass is 328 g/mol. The maximum atomic E-state index is 11.3. The minimum Gasteiger partial charge on any atom is -0.480 e. The molecule has 0 spiro atoms. The summed E-state index contributed by atoms with van der Waals surface area (Å²) in [6, 6.07) is 9.46. The highest BCUT2D eigenvalue weighted by Crippen LogP contribution is 2.09. The molecule has 0 saturated carbocycles. The van der Waals surface area contributed by atoms with Crippen LogP contribution in [0.15, 0.2) is 42.7 Å². The van der Waals surface area contributed by atoms with Gasteiger partial charge in [0.1, 0.15) is 6.04 Å². The van der Waals surface area contributed by atoms with E-state index in [0.717, 1.165) is 17.5 Å². The van der Waals surface area contributed by atoms with Crippen LogP contribution in [0.5, 0.6) is 0 Å². The Morgan fingerprint density at radius 1 is 1.12 bits per heavy atom. The third-order valence-electron chi connectivity index (χ3n) is 4.00. The molecule has 6 heteroatoms. The standard InChI is InChI=1S/C18H24N4O2/c1-3-13(2)16(17(23)24)19-10-15-11-21-18(22-12-15)20-9-14-7-5-4-6-8-14/h4-8,11-13,16,19H,3,9-10H2,1-2H3,(H,23,24)(H,20,21,22)/t13-,16-/m0/s1. The molecule has 2 rings (SSSR count). The van der Waals surface area contributed by atoms with Gasteiger partial charge in [-0.3, -0.25) is 10.1 Å². The Morgan fingerprint density at radius 3 is 2.38 bits per heavy atom. The molecular weight excluding hydrogens is 304 g/mol. The first-order chi connectivity index (χ1) is 11.6. The van der Waals surface area contributed by atoms with Crippen molar-refractivity contribution in [3.8, 4) is 0 Å². The second-order valence-corrected chi connectivity index (χ2v) is 5.84. The van der Waals surface area contributed by atoms with Gasteiger partial charge in [-0.2, -0.15) is 0 Å². The van der Waals surface area contributed by atoms with E-state index in [2.05, 4.69) is 20.6 Å². The Balaban J connectivity index is 1.86. The topological polar surface area (TPSA) is 87.1 Å². The Kier molecular flexibility index (Phi) is 6.69. The quantitative estimate of drug-likeness (QED) is 0.656. The molecule has 2 atom stereocenters. The van der Waals surface area contributed by atoms with Crippen LogP contribution in [0, 0.1) is 5.92 Å². The lowest BCUT2D eigenvalue weighted by Crippen LogP contribution is -2.41. The maximum absolute atomic E-state index is 11.3. The number of anilines is 1. The normalized spacial score (nSPS) is 13.2. The third kappa shape index (κ3) is 5.31. The first-order valence-electron chi connectivity index (χ1n) is 8.15. The Bertz CT molecular complexity index is 631. The smallest absolute Gasteiger partial charge is 0.320 e. The highest BCUT2D eigenvalue weighted by atomic mass is 16.4. The molecule has 0 saturated heterocycles. The lowest BCUT2D eigenvalue weighted by atomic mass is 9.99. The van der Waals surface area contributed by atoms with E-state index in [1.807, 2.05) is 44.2 Å². The zero-order valence-corrected chi connectivity index (χ0v) is 14.1. The molecule has 0 fully saturated rings. The Hall–Kier alpha value is -2.47. The van der Waals surface area contributed by atoms with Crippen LogP contribution in [0.2, 0.25) is 0 Å². The van der Waals surface area contributed by atoms with Gasteiger partial charge in [0.2, 0.25) is 5.95 Å². The van der Waals surface area contributed by atoms with E-state index < -0.39 is 12.0 Å². The predicted molar refractivity (Wildman–Crippen MR) is 93.5 cm³/mol. The van der Waals surface area contributed by atoms with Gasteiger partial charge in [-0.05, 0) is 11.5 Å². The average molecular weight is 328 g/mol. The highest BCUT2D eigenvalue weighted by molar-refractivity contribution is 5.73. The van der Waals surface area contributed by atoms with Gasteiger partial charge in [0, 0.05) is 31.0 Å². The number of aliphatic carboxylic acids is 1. The molecular formula is C18H24N4O2. The zero-order valence-electron chi connectivity index (χ0n) is 14.1. The molecule has 6 nitrogen and oxygen atoms in total. The van der Waals surface area contributed by atoms with Gasteiger partial charge in [-0.15, -0.1) is 0 Å². The summed E-state index contributed by atoms with van der Waals surface area (Å²) in [5.74, 6) is -0.207. The van der Waals surface area contributed by atoms with Crippen LogP contribution in [-0.4, -0.2) is 27.1 Å². The van der Waals surface area contributed by atoms with Crippen molar-refractivity contribution in [3.63, 3.8) is 0 Å². The molecule has 24 heavy (non-hydrogen) atoms. The number of nitrogens with one attached hydrogen (secondary N) is 2. The first kappa shape index (κ1) is 17.9. The van der Waals surface area contributed by atoms with Gasteiger partial charge >= 0.3 is 5.97 Å². The molecule has 128 valence electrons. The van der Waals surface area contributed by atoms with E-state index >= 15 is 0 Å². The van der Waals surface area contributed by atoms with Crippen LogP contribution in [-0.2, 0) is 17.9 Å². The average Bonchev–Trinajstić information content (AvgIpc) is 2.61. The fraction of sp³-hybridized carbons (Fsp3) is 0.389. The molecule has 0 aliphatic carbocycles. The molecule has 2 aromatic rings. The minimum atomic E-state index is -0.827. The van der Waals surface area contributed by atoms with Crippen molar-refractivity contribution < 1.29 is 9.90 Å². The largest absolute Gasteiger partial charge is 0.480 e. The van der Waals surface area contributed by atoms with Crippen molar-refractivity contribution in [2.45, 2.75) is 39.4 Å². The number of hydrogen-bond acceptors (Lipinski definition) is 5. The van der Waals surface area contributed by atoms with Crippen molar-refractivity contribution in [2.75, 3.05) is 5.32 Å². The number of carboxylic acids is 1. The van der Waals surface area contributed by atoms with Crippen molar-refractivity contribution in [1.29, 1.82) is 0 Å². The van der Waals surface area contributed by atoms with Crippen molar-refractivity contribution in [3.05, 3.63) is 53.9 Å². The molecule has 0 aliphatic rings. The van der Waals surface area contributed by atoms with Crippen molar-refractivity contribution >= 4 is 11.9 Å². The van der Waals surface area contributed by atoms with Crippen LogP contribution in [0.1, 0.15) is 31.4 Å². The van der Waals surface area contributed by atoms with E-state index in [1.54, 1.807) is 12.4 Å². The van der Waals surface area contributed by atoms with Crippen LogP contribution in [0.25, 0.3) is 0 Å². The van der Waals surface area contributed by atoms with Crippen molar-refractivity contribution in [1.82, 2.24) is 15.3 Å². The second kappa shape index (κ2) is 8.98. The van der Waals surface area contributed by atoms with Crippen LogP contribution >= 0.6 is 0 Å². The summed E-state index contributed by atoms with van der Waals surface area (Å²) < 4.78 is 0. The fourth-order valence-electron chi connectivity index (χ4n) is 2.31. The SMILES string of the molecule is CC[C@H](C)[C@H](NCc1cnc(NCc2ccccc2)nc1)C(=O)O. The van der Waals surface area contributed by atoms with E-state index in [1.165, 1.54) is 0 Å². The van der Waals surface area contributed by atoms with Crippen LogP contribution in [0.4, 0.5) is 5.95 Å². The van der Waals surface area contributed by atoms with Crippen molar-refractivity contribution in [2.24, 2.45) is 5.92 Å². The van der Waals surface area contributed by atoms with E-state index in [4.69, 9.17) is 0 Å². The lowest BCUT2D eigenvalue weighted by molar-refractivity contribution is -0.140. The molecule has 0 aliphatic heterocycles. The molecule has 1 aromatic carbocycles. The molecule has 0 amide bonds. The molecule has 0 radical (unpaired) electrons. The number of benzene rings is 1. The third-order valence-corrected chi connectivity index (χ3v) is 4.00. The molecule has 3 N–H and O–H groups in total. The Morgan fingerprint density at radius 2 is 1.79 bits per heavy atom. The maximum Gasteiger partial charge on any atom is 0.320 e. The number of carbonyl (C=O) groups is 1. The van der Waals surface area contributed by atoms with E-state index in [9.17, 15) is 9.90 Å².